The predicted octanol–water partition coefficient (Wildman–Crippen LogP) is 6.34. The van der Waals surface area contributed by atoms with Gasteiger partial charge in [0.05, 0.1) is 24.2 Å². The molecule has 1 heterocycles. The molecule has 1 aliphatic rings. The maximum absolute atomic E-state index is 13.4. The highest BCUT2D eigenvalue weighted by molar-refractivity contribution is 5.79. The van der Waals surface area contributed by atoms with Crippen LogP contribution in [-0.2, 0) is 33.3 Å². The first kappa shape index (κ1) is 34.1. The summed E-state index contributed by atoms with van der Waals surface area (Å²) >= 11 is 0. The summed E-state index contributed by atoms with van der Waals surface area (Å²) in [4.78, 5) is 25.9. The van der Waals surface area contributed by atoms with Crippen molar-refractivity contribution in [3.63, 3.8) is 0 Å². The third-order valence-corrected chi connectivity index (χ3v) is 6.80. The van der Waals surface area contributed by atoms with Crippen molar-refractivity contribution in [2.75, 3.05) is 19.8 Å². The fraction of sp³-hybridized carbons (Fsp3) is 0.846. The molecule has 1 saturated heterocycles. The lowest BCUT2D eigenvalue weighted by Crippen LogP contribution is -2.47. The van der Waals surface area contributed by atoms with E-state index in [-0.39, 0.29) is 32.2 Å². The van der Waals surface area contributed by atoms with Crippen LogP contribution in [0.1, 0.15) is 80.6 Å². The molecule has 0 aromatic rings. The van der Waals surface area contributed by atoms with Crippen LogP contribution in [0.25, 0.3) is 0 Å². The Balaban J connectivity index is 3.02. The number of carbonyl (C=O) groups excluding carboxylic acids is 2. The van der Waals surface area contributed by atoms with Crippen LogP contribution < -0.4 is 0 Å². The number of ether oxygens (including phenoxy) is 5. The van der Waals surface area contributed by atoms with Crippen LogP contribution >= 0.6 is 0 Å². The molecule has 222 valence electrons. The van der Waals surface area contributed by atoms with Crippen molar-refractivity contribution in [2.45, 2.75) is 111 Å². The number of alkyl halides is 5. The average molecular weight is 561 g/mol. The molecular weight excluding hydrogens is 519 g/mol. The SMILES string of the molecule is C=C(OCC(F)(F)C(F)(F)F)C(C)(C)C(C)(CC)C(=O)OC(CCOC1CCCO1)CC(=O)OC(C)(C)C. The van der Waals surface area contributed by atoms with Gasteiger partial charge in [0.2, 0.25) is 0 Å². The zero-order valence-corrected chi connectivity index (χ0v) is 23.3. The monoisotopic (exact) mass is 560 g/mol. The minimum absolute atomic E-state index is 0.0997. The fourth-order valence-electron chi connectivity index (χ4n) is 3.65. The van der Waals surface area contributed by atoms with Gasteiger partial charge in [-0.1, -0.05) is 27.4 Å². The number of hydrogen-bond acceptors (Lipinski definition) is 7. The van der Waals surface area contributed by atoms with Gasteiger partial charge in [-0.3, -0.25) is 9.59 Å². The van der Waals surface area contributed by atoms with Crippen molar-refractivity contribution in [3.8, 4) is 0 Å². The molecule has 7 nitrogen and oxygen atoms in total. The Morgan fingerprint density at radius 2 is 1.66 bits per heavy atom. The van der Waals surface area contributed by atoms with Crippen LogP contribution in [0.5, 0.6) is 0 Å². The van der Waals surface area contributed by atoms with E-state index < -0.39 is 58.9 Å². The molecule has 0 radical (unpaired) electrons. The standard InChI is InChI=1S/C26H41F5O7/c1-9-24(8,23(6,7)17(2)36-16-25(27,28)26(29,30)31)21(33)37-18(15-19(32)38-22(3,4)5)12-14-35-20-11-10-13-34-20/h18,20H,2,9-16H2,1,3-8H3. The first-order chi connectivity index (χ1) is 17.2. The maximum Gasteiger partial charge on any atom is 0.456 e. The van der Waals surface area contributed by atoms with Crippen LogP contribution in [0.3, 0.4) is 0 Å². The van der Waals surface area contributed by atoms with Crippen LogP contribution in [0.2, 0.25) is 0 Å². The summed E-state index contributed by atoms with van der Waals surface area (Å²) < 4.78 is 91.4. The van der Waals surface area contributed by atoms with E-state index in [1.165, 1.54) is 20.8 Å². The first-order valence-corrected chi connectivity index (χ1v) is 12.6. The Morgan fingerprint density at radius 3 is 2.13 bits per heavy atom. The first-order valence-electron chi connectivity index (χ1n) is 12.6. The summed E-state index contributed by atoms with van der Waals surface area (Å²) in [5.41, 5.74) is -3.66. The Kier molecular flexibility index (Phi) is 11.6. The second-order valence-corrected chi connectivity index (χ2v) is 11.1. The molecule has 0 amide bonds. The maximum atomic E-state index is 13.4. The lowest BCUT2D eigenvalue weighted by Gasteiger charge is -2.43. The van der Waals surface area contributed by atoms with Crippen molar-refractivity contribution in [3.05, 3.63) is 12.3 Å². The Labute approximate surface area is 221 Å². The molecule has 12 heteroatoms. The van der Waals surface area contributed by atoms with Crippen molar-refractivity contribution in [1.29, 1.82) is 0 Å². The van der Waals surface area contributed by atoms with Gasteiger partial charge in [0.15, 0.2) is 12.9 Å². The molecule has 38 heavy (non-hydrogen) atoms. The molecule has 1 aliphatic heterocycles. The lowest BCUT2D eigenvalue weighted by atomic mass is 9.64. The molecule has 0 N–H and O–H groups in total. The lowest BCUT2D eigenvalue weighted by molar-refractivity contribution is -0.295. The summed E-state index contributed by atoms with van der Waals surface area (Å²) in [6, 6.07) is 0. The van der Waals surface area contributed by atoms with E-state index >= 15 is 0 Å². The molecule has 0 aromatic carbocycles. The summed E-state index contributed by atoms with van der Waals surface area (Å²) in [6.45, 7) is 13.3. The molecule has 0 bridgehead atoms. The molecule has 3 unspecified atom stereocenters. The zero-order valence-electron chi connectivity index (χ0n) is 23.3. The number of esters is 2. The van der Waals surface area contributed by atoms with Crippen molar-refractivity contribution < 1.29 is 55.2 Å². The fourth-order valence-corrected chi connectivity index (χ4v) is 3.65. The molecule has 1 rings (SSSR count). The second kappa shape index (κ2) is 12.9. The van der Waals surface area contributed by atoms with Crippen molar-refractivity contribution >= 4 is 11.9 Å². The molecular formula is C26H41F5O7. The Bertz CT molecular complexity index is 814. The Hall–Kier alpha value is -1.95. The van der Waals surface area contributed by atoms with Gasteiger partial charge in [0.25, 0.3) is 0 Å². The van der Waals surface area contributed by atoms with Gasteiger partial charge >= 0.3 is 24.0 Å². The van der Waals surface area contributed by atoms with Gasteiger partial charge in [-0.25, -0.2) is 0 Å². The third-order valence-electron chi connectivity index (χ3n) is 6.80. The largest absolute Gasteiger partial charge is 0.491 e. The smallest absolute Gasteiger partial charge is 0.456 e. The highest BCUT2D eigenvalue weighted by Gasteiger charge is 2.59. The molecule has 1 fully saturated rings. The van der Waals surface area contributed by atoms with Crippen LogP contribution in [0, 0.1) is 10.8 Å². The molecule has 0 aliphatic carbocycles. The molecule has 0 saturated carbocycles. The van der Waals surface area contributed by atoms with Gasteiger partial charge in [-0.2, -0.15) is 22.0 Å². The molecule has 0 aromatic heterocycles. The predicted molar refractivity (Wildman–Crippen MR) is 128 cm³/mol. The van der Waals surface area contributed by atoms with Crippen molar-refractivity contribution in [2.24, 2.45) is 10.8 Å². The highest BCUT2D eigenvalue weighted by Crippen LogP contribution is 2.48. The van der Waals surface area contributed by atoms with E-state index in [1.54, 1.807) is 27.7 Å². The summed E-state index contributed by atoms with van der Waals surface area (Å²) in [7, 11) is 0. The van der Waals surface area contributed by atoms with Gasteiger partial charge in [-0.05, 0) is 40.5 Å². The van der Waals surface area contributed by atoms with E-state index in [0.29, 0.717) is 13.0 Å². The number of halogens is 5. The zero-order chi connectivity index (χ0) is 29.6. The average Bonchev–Trinajstić information content (AvgIpc) is 3.27. The van der Waals surface area contributed by atoms with Gasteiger partial charge in [0, 0.05) is 24.9 Å². The number of hydrogen-bond donors (Lipinski definition) is 0. The normalized spacial score (nSPS) is 19.4. The summed E-state index contributed by atoms with van der Waals surface area (Å²) in [6.07, 6.45) is -5.60. The minimum Gasteiger partial charge on any atom is -0.491 e. The van der Waals surface area contributed by atoms with Crippen molar-refractivity contribution in [1.82, 2.24) is 0 Å². The molecule has 3 atom stereocenters. The minimum atomic E-state index is -5.80. The van der Waals surface area contributed by atoms with Gasteiger partial charge < -0.3 is 23.7 Å². The van der Waals surface area contributed by atoms with Gasteiger partial charge in [0.1, 0.15) is 11.7 Å². The quantitative estimate of drug-likeness (QED) is 0.139. The van der Waals surface area contributed by atoms with Crippen LogP contribution in [-0.4, -0.2) is 61.9 Å². The van der Waals surface area contributed by atoms with Crippen LogP contribution in [0.15, 0.2) is 12.3 Å². The number of allylic oxidation sites excluding steroid dienone is 1. The highest BCUT2D eigenvalue weighted by atomic mass is 19.4. The summed E-state index contributed by atoms with van der Waals surface area (Å²) in [5.74, 6) is -6.94. The number of carbonyl (C=O) groups is 2. The second-order valence-electron chi connectivity index (χ2n) is 11.1. The topological polar surface area (TPSA) is 80.3 Å². The Morgan fingerprint density at radius 1 is 1.05 bits per heavy atom. The number of rotatable bonds is 14. The van der Waals surface area contributed by atoms with Gasteiger partial charge in [-0.15, -0.1) is 0 Å². The van der Waals surface area contributed by atoms with E-state index in [2.05, 4.69) is 6.58 Å². The molecule has 0 spiro atoms. The van der Waals surface area contributed by atoms with E-state index in [1.807, 2.05) is 0 Å². The van der Waals surface area contributed by atoms with Crippen LogP contribution in [0.4, 0.5) is 22.0 Å². The van der Waals surface area contributed by atoms with E-state index in [9.17, 15) is 31.5 Å². The summed E-state index contributed by atoms with van der Waals surface area (Å²) in [5, 5.41) is 0. The van der Waals surface area contributed by atoms with E-state index in [4.69, 9.17) is 23.7 Å². The van der Waals surface area contributed by atoms with E-state index in [0.717, 1.165) is 6.42 Å². The third kappa shape index (κ3) is 9.36.